The average Bonchev–Trinajstić information content (AvgIpc) is 2.87. The second-order valence-electron chi connectivity index (χ2n) is 6.44. The SMILES string of the molecule is O=C1N[C@@H]2CC[C@](OS(=O)(=O)O)(C(=O)NCCN3CCNCC3)N1C2. The maximum Gasteiger partial charge on any atom is 0.400 e. The van der Waals surface area contributed by atoms with Gasteiger partial charge in [0.25, 0.3) is 5.91 Å². The lowest BCUT2D eigenvalue weighted by Gasteiger charge is -2.40. The number of carbonyl (C=O) groups is 2. The van der Waals surface area contributed by atoms with E-state index in [0.29, 0.717) is 13.0 Å². The zero-order chi connectivity index (χ0) is 18.1. The average molecular weight is 377 g/mol. The molecule has 2 atom stereocenters. The maximum atomic E-state index is 12.7. The molecule has 142 valence electrons. The molecule has 0 saturated carbocycles. The van der Waals surface area contributed by atoms with Crippen molar-refractivity contribution in [3.05, 3.63) is 0 Å². The highest BCUT2D eigenvalue weighted by atomic mass is 32.3. The van der Waals surface area contributed by atoms with Gasteiger partial charge in [-0.15, -0.1) is 0 Å². The number of nitrogens with zero attached hydrogens (tertiary/aromatic N) is 2. The maximum absolute atomic E-state index is 12.7. The third-order valence-corrected chi connectivity index (χ3v) is 5.25. The van der Waals surface area contributed by atoms with E-state index in [2.05, 4.69) is 20.9 Å². The number of carbonyl (C=O) groups excluding carboxylic acids is 2. The molecule has 0 aromatic rings. The molecule has 0 aromatic heterocycles. The third-order valence-electron chi connectivity index (χ3n) is 4.76. The van der Waals surface area contributed by atoms with Crippen LogP contribution in [0, 0.1) is 0 Å². The zero-order valence-corrected chi connectivity index (χ0v) is 14.5. The summed E-state index contributed by atoms with van der Waals surface area (Å²) in [5, 5.41) is 8.52. The number of hydrogen-bond donors (Lipinski definition) is 4. The van der Waals surface area contributed by atoms with Gasteiger partial charge in [0.1, 0.15) is 0 Å². The molecule has 0 aromatic carbocycles. The summed E-state index contributed by atoms with van der Waals surface area (Å²) < 4.78 is 36.4. The van der Waals surface area contributed by atoms with Crippen LogP contribution >= 0.6 is 0 Å². The van der Waals surface area contributed by atoms with Crippen molar-refractivity contribution < 1.29 is 26.7 Å². The van der Waals surface area contributed by atoms with Gasteiger partial charge < -0.3 is 16.0 Å². The van der Waals surface area contributed by atoms with E-state index in [1.165, 1.54) is 0 Å². The van der Waals surface area contributed by atoms with E-state index >= 15 is 0 Å². The van der Waals surface area contributed by atoms with E-state index in [1.807, 2.05) is 0 Å². The fourth-order valence-electron chi connectivity index (χ4n) is 3.52. The second kappa shape index (κ2) is 7.03. The molecule has 3 aliphatic rings. The highest BCUT2D eigenvalue weighted by Crippen LogP contribution is 2.34. The van der Waals surface area contributed by atoms with Gasteiger partial charge in [-0.2, -0.15) is 8.42 Å². The van der Waals surface area contributed by atoms with Crippen molar-refractivity contribution in [2.24, 2.45) is 0 Å². The molecule has 12 heteroatoms. The molecule has 11 nitrogen and oxygen atoms in total. The number of amides is 3. The number of hydrogen-bond acceptors (Lipinski definition) is 7. The molecule has 0 spiro atoms. The molecule has 3 saturated heterocycles. The highest BCUT2D eigenvalue weighted by Gasteiger charge is 2.57. The molecule has 3 aliphatic heterocycles. The molecule has 0 radical (unpaired) electrons. The Kier molecular flexibility index (Phi) is 5.16. The summed E-state index contributed by atoms with van der Waals surface area (Å²) in [7, 11) is -4.92. The van der Waals surface area contributed by atoms with Crippen molar-refractivity contribution in [3.8, 4) is 0 Å². The summed E-state index contributed by atoms with van der Waals surface area (Å²) in [6, 6.07) is -0.734. The van der Waals surface area contributed by atoms with Crippen LogP contribution in [0.4, 0.5) is 4.79 Å². The van der Waals surface area contributed by atoms with Crippen LogP contribution in [0.25, 0.3) is 0 Å². The summed E-state index contributed by atoms with van der Waals surface area (Å²) in [5.41, 5.74) is -2.05. The molecule has 25 heavy (non-hydrogen) atoms. The van der Waals surface area contributed by atoms with Crippen molar-refractivity contribution in [1.29, 1.82) is 0 Å². The van der Waals surface area contributed by atoms with Crippen molar-refractivity contribution in [2.45, 2.75) is 24.6 Å². The summed E-state index contributed by atoms with van der Waals surface area (Å²) in [4.78, 5) is 28.0. The normalized spacial score (nSPS) is 30.2. The van der Waals surface area contributed by atoms with E-state index in [4.69, 9.17) is 8.74 Å². The minimum atomic E-state index is -4.92. The molecule has 3 rings (SSSR count). The van der Waals surface area contributed by atoms with Crippen molar-refractivity contribution >= 4 is 22.3 Å². The molecule has 0 aliphatic carbocycles. The van der Waals surface area contributed by atoms with Crippen molar-refractivity contribution in [1.82, 2.24) is 25.8 Å². The van der Waals surface area contributed by atoms with Gasteiger partial charge in [-0.05, 0) is 6.42 Å². The van der Waals surface area contributed by atoms with Crippen LogP contribution in [0.15, 0.2) is 0 Å². The lowest BCUT2D eigenvalue weighted by molar-refractivity contribution is -0.155. The Morgan fingerprint density at radius 1 is 1.40 bits per heavy atom. The first-order valence-electron chi connectivity index (χ1n) is 8.28. The summed E-state index contributed by atoms with van der Waals surface area (Å²) in [5.74, 6) is -0.740. The van der Waals surface area contributed by atoms with E-state index in [0.717, 1.165) is 31.1 Å². The van der Waals surface area contributed by atoms with Gasteiger partial charge in [-0.1, -0.05) is 0 Å². The van der Waals surface area contributed by atoms with Gasteiger partial charge in [0.2, 0.25) is 5.72 Å². The van der Waals surface area contributed by atoms with Crippen LogP contribution < -0.4 is 16.0 Å². The van der Waals surface area contributed by atoms with Crippen LogP contribution in [0.5, 0.6) is 0 Å². The predicted octanol–water partition coefficient (Wildman–Crippen LogP) is -2.29. The van der Waals surface area contributed by atoms with E-state index in [9.17, 15) is 18.0 Å². The number of urea groups is 1. The van der Waals surface area contributed by atoms with Crippen molar-refractivity contribution in [2.75, 3.05) is 45.8 Å². The zero-order valence-electron chi connectivity index (χ0n) is 13.7. The Morgan fingerprint density at radius 2 is 2.12 bits per heavy atom. The molecule has 3 heterocycles. The van der Waals surface area contributed by atoms with Crippen LogP contribution in [-0.4, -0.2) is 92.3 Å². The van der Waals surface area contributed by atoms with Gasteiger partial charge in [0.15, 0.2) is 0 Å². The van der Waals surface area contributed by atoms with Crippen LogP contribution in [0.1, 0.15) is 12.8 Å². The summed E-state index contributed by atoms with van der Waals surface area (Å²) in [6.07, 6.45) is 0.360. The van der Waals surface area contributed by atoms with Crippen LogP contribution in [0.2, 0.25) is 0 Å². The lowest BCUT2D eigenvalue weighted by Crippen LogP contribution is -2.63. The Hall–Kier alpha value is -1.47. The van der Waals surface area contributed by atoms with Gasteiger partial charge in [0, 0.05) is 58.3 Å². The molecule has 2 bridgehead atoms. The number of rotatable bonds is 6. The van der Waals surface area contributed by atoms with Gasteiger partial charge in [0.05, 0.1) is 0 Å². The molecule has 4 N–H and O–H groups in total. The van der Waals surface area contributed by atoms with E-state index in [1.54, 1.807) is 0 Å². The largest absolute Gasteiger partial charge is 0.400 e. The molecule has 3 amide bonds. The fourth-order valence-corrected chi connectivity index (χ4v) is 4.11. The first-order valence-corrected chi connectivity index (χ1v) is 9.64. The summed E-state index contributed by atoms with van der Waals surface area (Å²) >= 11 is 0. The number of piperazine rings is 1. The van der Waals surface area contributed by atoms with E-state index in [-0.39, 0.29) is 25.6 Å². The first kappa shape index (κ1) is 18.3. The van der Waals surface area contributed by atoms with Gasteiger partial charge >= 0.3 is 16.4 Å². The molecule has 0 unspecified atom stereocenters. The smallest absolute Gasteiger partial charge is 0.351 e. The van der Waals surface area contributed by atoms with Crippen molar-refractivity contribution in [3.63, 3.8) is 0 Å². The monoisotopic (exact) mass is 377 g/mol. The van der Waals surface area contributed by atoms with Gasteiger partial charge in [-0.25, -0.2) is 8.98 Å². The lowest BCUT2D eigenvalue weighted by atomic mass is 9.96. The quantitative estimate of drug-likeness (QED) is 0.379. The Morgan fingerprint density at radius 3 is 2.80 bits per heavy atom. The fraction of sp³-hybridized carbons (Fsp3) is 0.846. The minimum Gasteiger partial charge on any atom is -0.351 e. The van der Waals surface area contributed by atoms with E-state index < -0.39 is 28.1 Å². The molecular formula is C13H23N5O6S. The Balaban J connectivity index is 1.68. The standard InChI is InChI=1S/C13H23N5O6S/c19-11(15-5-8-17-6-3-14-4-7-17)13(24-25(21,22)23)2-1-10-9-18(13)12(20)16-10/h10,14H,1-9H2,(H,15,19)(H,16,20)(H,21,22,23)/t10-,13+/m1/s1. The van der Waals surface area contributed by atoms with Crippen LogP contribution in [0.3, 0.4) is 0 Å². The number of fused-ring (bicyclic) bond motifs is 2. The molecular weight excluding hydrogens is 354 g/mol. The Bertz CT molecular complexity index is 637. The van der Waals surface area contributed by atoms with Gasteiger partial charge in [-0.3, -0.25) is 19.1 Å². The summed E-state index contributed by atoms with van der Waals surface area (Å²) in [6.45, 7) is 4.51. The second-order valence-corrected chi connectivity index (χ2v) is 7.46. The minimum absolute atomic E-state index is 0.0182. The molecule has 3 fully saturated rings. The number of nitrogens with one attached hydrogen (secondary N) is 3. The topological polar surface area (TPSA) is 140 Å². The third kappa shape index (κ3) is 4.03. The van der Waals surface area contributed by atoms with Crippen LogP contribution in [-0.2, 0) is 19.4 Å². The number of piperidine rings is 1. The first-order chi connectivity index (χ1) is 11.8. The highest BCUT2D eigenvalue weighted by molar-refractivity contribution is 7.81. The predicted molar refractivity (Wildman–Crippen MR) is 85.9 cm³/mol. The Labute approximate surface area is 146 Å².